The van der Waals surface area contributed by atoms with Crippen molar-refractivity contribution in [3.63, 3.8) is 0 Å². The summed E-state index contributed by atoms with van der Waals surface area (Å²) in [4.78, 5) is 9.01. The summed E-state index contributed by atoms with van der Waals surface area (Å²) in [6.45, 7) is 17.1. The standard InChI is InChI=1S/C2H4O3.3C2H4.K/c3-1-2(4)5;3*1-2;/h3H,1H2,(H,4,5);3*1-2H2;/q;;;;+1/p-1. The number of aliphatic hydroxyl groups is 1. The Kier molecular flexibility index (Phi) is 160. The second-order valence-corrected chi connectivity index (χ2v) is 0.530. The molecule has 1 N–H and O–H groups in total. The fraction of sp³-hybridized carbons (Fsp3) is 0.125. The number of carboxylic acid groups (broad SMARTS) is 1. The van der Waals surface area contributed by atoms with Crippen molar-refractivity contribution >= 4 is 5.97 Å². The van der Waals surface area contributed by atoms with Gasteiger partial charge in [0, 0.05) is 0 Å². The van der Waals surface area contributed by atoms with Crippen molar-refractivity contribution in [3.8, 4) is 0 Å². The van der Waals surface area contributed by atoms with E-state index in [-0.39, 0.29) is 51.4 Å². The monoisotopic (exact) mass is 198 g/mol. The van der Waals surface area contributed by atoms with Crippen LogP contribution >= 0.6 is 0 Å². The summed E-state index contributed by atoms with van der Waals surface area (Å²) >= 11 is 0. The van der Waals surface area contributed by atoms with E-state index in [0.29, 0.717) is 0 Å². The van der Waals surface area contributed by atoms with E-state index in [0.717, 1.165) is 0 Å². The minimum absolute atomic E-state index is 0. The summed E-state index contributed by atoms with van der Waals surface area (Å²) in [5, 5.41) is 16.5. The molecule has 0 amide bonds. The molecule has 0 aliphatic carbocycles. The van der Waals surface area contributed by atoms with Crippen LogP contribution in [0, 0.1) is 0 Å². The molecule has 0 bridgehead atoms. The molecule has 0 aromatic carbocycles. The van der Waals surface area contributed by atoms with E-state index in [2.05, 4.69) is 39.5 Å². The third-order valence-corrected chi connectivity index (χ3v) is 0.129. The van der Waals surface area contributed by atoms with Crippen molar-refractivity contribution in [1.29, 1.82) is 0 Å². The number of hydrogen-bond donors (Lipinski definition) is 1. The van der Waals surface area contributed by atoms with Crippen molar-refractivity contribution in [1.82, 2.24) is 0 Å². The summed E-state index contributed by atoms with van der Waals surface area (Å²) in [5.41, 5.74) is 0. The molecule has 0 fully saturated rings. The first kappa shape index (κ1) is 29.5. The average Bonchev–Trinajstić information content (AvgIpc) is 2.15. The second kappa shape index (κ2) is 65.0. The Labute approximate surface area is 117 Å². The van der Waals surface area contributed by atoms with Crippen molar-refractivity contribution in [2.45, 2.75) is 0 Å². The predicted molar refractivity (Wildman–Crippen MR) is 45.9 cm³/mol. The SMILES string of the molecule is C=C.C=C.C=C.O=C([O-])CO.[K+]. The molecule has 0 saturated carbocycles. The first-order valence-corrected chi connectivity index (χ1v) is 2.58. The normalized spacial score (nSPS) is 4.08. The van der Waals surface area contributed by atoms with Gasteiger partial charge in [0.25, 0.3) is 0 Å². The fourth-order valence-corrected chi connectivity index (χ4v) is 0. The van der Waals surface area contributed by atoms with Gasteiger partial charge in [-0.1, -0.05) is 0 Å². The van der Waals surface area contributed by atoms with Crippen LogP contribution in [0.2, 0.25) is 0 Å². The quantitative estimate of drug-likeness (QED) is 0.364. The van der Waals surface area contributed by atoms with E-state index in [9.17, 15) is 0 Å². The van der Waals surface area contributed by atoms with Gasteiger partial charge in [0.1, 0.15) is 0 Å². The molecular weight excluding hydrogens is 183 g/mol. The minimum atomic E-state index is -1.44. The number of hydrogen-bond acceptors (Lipinski definition) is 3. The maximum Gasteiger partial charge on any atom is 1.00 e. The Bertz CT molecular complexity index is 71.9. The molecule has 0 spiro atoms. The van der Waals surface area contributed by atoms with Crippen LogP contribution in [0.15, 0.2) is 39.5 Å². The Hall–Kier alpha value is 0.286. The van der Waals surface area contributed by atoms with Crippen LogP contribution in [0.1, 0.15) is 0 Å². The molecule has 0 rings (SSSR count). The van der Waals surface area contributed by atoms with Crippen molar-refractivity contribution in [2.75, 3.05) is 6.61 Å². The molecule has 0 aliphatic heterocycles. The Morgan fingerprint density at radius 3 is 1.17 bits per heavy atom. The third-order valence-electron chi connectivity index (χ3n) is 0.129. The molecule has 0 radical (unpaired) electrons. The van der Waals surface area contributed by atoms with Crippen LogP contribution in [-0.4, -0.2) is 17.7 Å². The number of aliphatic hydroxyl groups excluding tert-OH is 1. The topological polar surface area (TPSA) is 60.4 Å². The molecule has 4 heteroatoms. The van der Waals surface area contributed by atoms with Gasteiger partial charge in [-0.3, -0.25) is 0 Å². The van der Waals surface area contributed by atoms with Gasteiger partial charge in [-0.25, -0.2) is 0 Å². The fourth-order valence-electron chi connectivity index (χ4n) is 0. The predicted octanol–water partition coefficient (Wildman–Crippen LogP) is -2.86. The summed E-state index contributed by atoms with van der Waals surface area (Å²) < 4.78 is 0. The number of carbonyl (C=O) groups is 1. The van der Waals surface area contributed by atoms with Crippen LogP contribution in [-0.2, 0) is 4.79 Å². The summed E-state index contributed by atoms with van der Waals surface area (Å²) in [7, 11) is 0. The maximum absolute atomic E-state index is 9.01. The van der Waals surface area contributed by atoms with Gasteiger partial charge >= 0.3 is 51.4 Å². The molecule has 12 heavy (non-hydrogen) atoms. The minimum Gasteiger partial charge on any atom is -0.548 e. The van der Waals surface area contributed by atoms with Crippen LogP contribution in [0.4, 0.5) is 0 Å². The molecule has 0 atom stereocenters. The largest absolute Gasteiger partial charge is 1.00 e. The molecule has 66 valence electrons. The number of aliphatic carboxylic acids is 1. The zero-order valence-corrected chi connectivity index (χ0v) is 10.8. The zero-order valence-electron chi connectivity index (χ0n) is 7.71. The Morgan fingerprint density at radius 2 is 1.17 bits per heavy atom. The van der Waals surface area contributed by atoms with Gasteiger partial charge in [-0.2, -0.15) is 0 Å². The molecule has 0 aromatic rings. The molecular formula is C8H15KO3. The summed E-state index contributed by atoms with van der Waals surface area (Å²) in [6.07, 6.45) is 0. The van der Waals surface area contributed by atoms with Gasteiger partial charge in [-0.05, 0) is 0 Å². The van der Waals surface area contributed by atoms with Crippen LogP contribution in [0.5, 0.6) is 0 Å². The van der Waals surface area contributed by atoms with Crippen LogP contribution in [0.25, 0.3) is 0 Å². The summed E-state index contributed by atoms with van der Waals surface area (Å²) in [5.74, 6) is -1.44. The van der Waals surface area contributed by atoms with E-state index in [1.165, 1.54) is 0 Å². The van der Waals surface area contributed by atoms with E-state index in [4.69, 9.17) is 15.0 Å². The van der Waals surface area contributed by atoms with E-state index >= 15 is 0 Å². The van der Waals surface area contributed by atoms with Gasteiger partial charge < -0.3 is 15.0 Å². The molecule has 3 nitrogen and oxygen atoms in total. The van der Waals surface area contributed by atoms with Crippen LogP contribution in [0.3, 0.4) is 0 Å². The van der Waals surface area contributed by atoms with E-state index in [1.807, 2.05) is 0 Å². The summed E-state index contributed by atoms with van der Waals surface area (Å²) in [6, 6.07) is 0. The Morgan fingerprint density at radius 1 is 1.08 bits per heavy atom. The smallest absolute Gasteiger partial charge is 0.548 e. The van der Waals surface area contributed by atoms with Crippen molar-refractivity contribution in [2.24, 2.45) is 0 Å². The van der Waals surface area contributed by atoms with Gasteiger partial charge in [-0.15, -0.1) is 39.5 Å². The average molecular weight is 198 g/mol. The molecule has 0 aliphatic rings. The van der Waals surface area contributed by atoms with Crippen LogP contribution < -0.4 is 56.5 Å². The maximum atomic E-state index is 9.01. The van der Waals surface area contributed by atoms with Gasteiger partial charge in [0.05, 0.1) is 12.6 Å². The number of rotatable bonds is 1. The second-order valence-electron chi connectivity index (χ2n) is 0.530. The van der Waals surface area contributed by atoms with Crippen molar-refractivity contribution in [3.05, 3.63) is 39.5 Å². The third kappa shape index (κ3) is 170. The molecule has 0 heterocycles. The van der Waals surface area contributed by atoms with Gasteiger partial charge in [0.2, 0.25) is 0 Å². The molecule has 0 aromatic heterocycles. The molecule has 0 unspecified atom stereocenters. The number of carbonyl (C=O) groups excluding carboxylic acids is 1. The number of carboxylic acids is 1. The first-order valence-electron chi connectivity index (χ1n) is 2.58. The van der Waals surface area contributed by atoms with E-state index < -0.39 is 12.6 Å². The first-order chi connectivity index (χ1) is 5.27. The Balaban J connectivity index is -0.0000000203. The zero-order chi connectivity index (χ0) is 10.3. The van der Waals surface area contributed by atoms with Gasteiger partial charge in [0.15, 0.2) is 0 Å². The van der Waals surface area contributed by atoms with E-state index in [1.54, 1.807) is 0 Å². The van der Waals surface area contributed by atoms with Crippen molar-refractivity contribution < 1.29 is 66.4 Å². The molecule has 0 saturated heterocycles.